The summed E-state index contributed by atoms with van der Waals surface area (Å²) in [6.45, 7) is 5.23. The summed E-state index contributed by atoms with van der Waals surface area (Å²) in [5.74, 6) is 0.210. The highest BCUT2D eigenvalue weighted by Gasteiger charge is 2.27. The predicted molar refractivity (Wildman–Crippen MR) is 67.5 cm³/mol. The monoisotopic (exact) mass is 269 g/mol. The van der Waals surface area contributed by atoms with E-state index in [4.69, 9.17) is 9.52 Å². The number of amides is 2. The number of hydrogen-bond acceptors (Lipinski definition) is 4. The Balaban J connectivity index is 2.34. The molecule has 0 aliphatic rings. The van der Waals surface area contributed by atoms with Gasteiger partial charge in [-0.1, -0.05) is 6.92 Å². The molecule has 1 heterocycles. The largest absolute Gasteiger partial charge is 0.481 e. The Bertz CT molecular complexity index is 454. The third kappa shape index (κ3) is 4.61. The third-order valence-corrected chi connectivity index (χ3v) is 2.62. The van der Waals surface area contributed by atoms with Crippen molar-refractivity contribution in [3.05, 3.63) is 17.8 Å². The van der Waals surface area contributed by atoms with Crippen molar-refractivity contribution in [2.45, 2.75) is 33.7 Å². The molecule has 0 radical (unpaired) electrons. The van der Waals surface area contributed by atoms with Crippen LogP contribution in [-0.4, -0.2) is 28.6 Å². The molecule has 7 heteroatoms. The molecular weight excluding hydrogens is 250 g/mol. The summed E-state index contributed by atoms with van der Waals surface area (Å²) in [5, 5.41) is 13.9. The van der Waals surface area contributed by atoms with E-state index in [9.17, 15) is 9.59 Å². The maximum Gasteiger partial charge on any atom is 0.315 e. The number of urea groups is 1. The normalized spacial score (nSPS) is 11.1. The fourth-order valence-electron chi connectivity index (χ4n) is 1.19. The van der Waals surface area contributed by atoms with Crippen LogP contribution in [0, 0.1) is 5.41 Å². The second-order valence-electron chi connectivity index (χ2n) is 4.80. The van der Waals surface area contributed by atoms with Crippen LogP contribution >= 0.6 is 0 Å². The number of aliphatic carboxylic acids is 1. The van der Waals surface area contributed by atoms with Crippen molar-refractivity contribution >= 4 is 12.0 Å². The van der Waals surface area contributed by atoms with Crippen molar-refractivity contribution in [2.75, 3.05) is 6.54 Å². The van der Waals surface area contributed by atoms with E-state index in [0.717, 1.165) is 12.2 Å². The molecule has 0 saturated heterocycles. The Morgan fingerprint density at radius 1 is 1.42 bits per heavy atom. The molecule has 106 valence electrons. The quantitative estimate of drug-likeness (QED) is 0.718. The summed E-state index contributed by atoms with van der Waals surface area (Å²) in [6, 6.07) is -0.453. The van der Waals surface area contributed by atoms with Crippen LogP contribution in [-0.2, 0) is 17.8 Å². The lowest BCUT2D eigenvalue weighted by Crippen LogP contribution is -2.43. The van der Waals surface area contributed by atoms with Crippen molar-refractivity contribution in [1.29, 1.82) is 0 Å². The predicted octanol–water partition coefficient (Wildman–Crippen LogP) is 1.15. The highest BCUT2D eigenvalue weighted by atomic mass is 16.4. The first-order valence-electron chi connectivity index (χ1n) is 6.04. The average molecular weight is 269 g/mol. The summed E-state index contributed by atoms with van der Waals surface area (Å²) >= 11 is 0. The van der Waals surface area contributed by atoms with E-state index < -0.39 is 17.4 Å². The molecule has 0 saturated carbocycles. The fourth-order valence-corrected chi connectivity index (χ4v) is 1.19. The van der Waals surface area contributed by atoms with E-state index in [2.05, 4.69) is 15.6 Å². The van der Waals surface area contributed by atoms with Gasteiger partial charge < -0.3 is 20.2 Å². The van der Waals surface area contributed by atoms with Gasteiger partial charge in [0.1, 0.15) is 5.76 Å². The molecule has 2 amide bonds. The number of rotatable bonds is 6. The first kappa shape index (κ1) is 15.0. The van der Waals surface area contributed by atoms with Crippen LogP contribution in [0.25, 0.3) is 0 Å². The van der Waals surface area contributed by atoms with Crippen molar-refractivity contribution in [2.24, 2.45) is 5.41 Å². The molecule has 0 aromatic carbocycles. The van der Waals surface area contributed by atoms with Crippen molar-refractivity contribution in [3.8, 4) is 0 Å². The Labute approximate surface area is 111 Å². The highest BCUT2D eigenvalue weighted by Crippen LogP contribution is 2.12. The van der Waals surface area contributed by atoms with Crippen LogP contribution in [0.5, 0.6) is 0 Å². The smallest absolute Gasteiger partial charge is 0.315 e. The summed E-state index contributed by atoms with van der Waals surface area (Å²) in [7, 11) is 0. The molecule has 0 bridgehead atoms. The van der Waals surface area contributed by atoms with Crippen molar-refractivity contribution in [3.63, 3.8) is 0 Å². The zero-order chi connectivity index (χ0) is 14.5. The average Bonchev–Trinajstić information content (AvgIpc) is 2.81. The number of carboxylic acid groups (broad SMARTS) is 1. The molecule has 7 nitrogen and oxygen atoms in total. The van der Waals surface area contributed by atoms with E-state index in [1.807, 2.05) is 6.92 Å². The molecule has 0 fully saturated rings. The molecule has 3 N–H and O–H groups in total. The maximum atomic E-state index is 11.5. The van der Waals surface area contributed by atoms with Gasteiger partial charge in [-0.3, -0.25) is 4.79 Å². The van der Waals surface area contributed by atoms with Gasteiger partial charge in [-0.2, -0.15) is 0 Å². The molecule has 0 unspecified atom stereocenters. The van der Waals surface area contributed by atoms with Crippen LogP contribution < -0.4 is 10.6 Å². The first-order chi connectivity index (χ1) is 8.85. The number of aromatic nitrogens is 1. The van der Waals surface area contributed by atoms with E-state index >= 15 is 0 Å². The summed E-state index contributed by atoms with van der Waals surface area (Å²) in [5.41, 5.74) is -1.00. The topological polar surface area (TPSA) is 104 Å². The lowest BCUT2D eigenvalue weighted by Gasteiger charge is -2.19. The van der Waals surface area contributed by atoms with Gasteiger partial charge in [0.25, 0.3) is 0 Å². The van der Waals surface area contributed by atoms with Gasteiger partial charge in [0.15, 0.2) is 0 Å². The fraction of sp³-hybridized carbons (Fsp3) is 0.583. The van der Waals surface area contributed by atoms with Crippen LogP contribution in [0.2, 0.25) is 0 Å². The molecule has 1 aromatic heterocycles. The number of hydrogen-bond donors (Lipinski definition) is 3. The van der Waals surface area contributed by atoms with Crippen LogP contribution in [0.1, 0.15) is 32.4 Å². The number of carbonyl (C=O) groups is 2. The first-order valence-corrected chi connectivity index (χ1v) is 6.04. The van der Waals surface area contributed by atoms with Gasteiger partial charge in [-0.05, 0) is 13.8 Å². The van der Waals surface area contributed by atoms with Crippen LogP contribution in [0.15, 0.2) is 10.6 Å². The van der Waals surface area contributed by atoms with Crippen LogP contribution in [0.4, 0.5) is 4.79 Å². The lowest BCUT2D eigenvalue weighted by atomic mass is 9.94. The summed E-state index contributed by atoms with van der Waals surface area (Å²) in [6.07, 6.45) is 2.36. The standard InChI is InChI=1S/C12H19N3O4/c1-4-8-5-13-9(19-8)6-14-11(18)15-7-12(2,3)10(16)17/h5H,4,6-7H2,1-3H3,(H,16,17)(H2,14,15,18). The minimum absolute atomic E-state index is 0.0416. The summed E-state index contributed by atoms with van der Waals surface area (Å²) in [4.78, 5) is 26.3. The SMILES string of the molecule is CCc1cnc(CNC(=O)NCC(C)(C)C(=O)O)o1. The van der Waals surface area contributed by atoms with Gasteiger partial charge >= 0.3 is 12.0 Å². The molecule has 0 atom stereocenters. The second kappa shape index (κ2) is 6.21. The lowest BCUT2D eigenvalue weighted by molar-refractivity contribution is -0.146. The Morgan fingerprint density at radius 3 is 2.63 bits per heavy atom. The molecule has 1 rings (SSSR count). The molecule has 0 aliphatic carbocycles. The van der Waals surface area contributed by atoms with Gasteiger partial charge in [-0.25, -0.2) is 9.78 Å². The van der Waals surface area contributed by atoms with Gasteiger partial charge in [0.2, 0.25) is 5.89 Å². The van der Waals surface area contributed by atoms with E-state index in [0.29, 0.717) is 5.89 Å². The number of nitrogens with zero attached hydrogens (tertiary/aromatic N) is 1. The van der Waals surface area contributed by atoms with Gasteiger partial charge in [0, 0.05) is 13.0 Å². The number of carboxylic acids is 1. The van der Waals surface area contributed by atoms with E-state index in [1.165, 1.54) is 13.8 Å². The third-order valence-electron chi connectivity index (χ3n) is 2.62. The number of oxazole rings is 1. The number of nitrogens with one attached hydrogen (secondary N) is 2. The van der Waals surface area contributed by atoms with Crippen molar-refractivity contribution < 1.29 is 19.1 Å². The Morgan fingerprint density at radius 2 is 2.11 bits per heavy atom. The molecule has 0 spiro atoms. The minimum Gasteiger partial charge on any atom is -0.481 e. The highest BCUT2D eigenvalue weighted by molar-refractivity contribution is 5.77. The summed E-state index contributed by atoms with van der Waals surface area (Å²) < 4.78 is 5.32. The van der Waals surface area contributed by atoms with Crippen molar-refractivity contribution in [1.82, 2.24) is 15.6 Å². The van der Waals surface area contributed by atoms with Gasteiger partial charge in [0.05, 0.1) is 18.2 Å². The zero-order valence-electron chi connectivity index (χ0n) is 11.3. The van der Waals surface area contributed by atoms with E-state index in [-0.39, 0.29) is 13.1 Å². The van der Waals surface area contributed by atoms with E-state index in [1.54, 1.807) is 6.20 Å². The Hall–Kier alpha value is -2.05. The molecule has 1 aromatic rings. The zero-order valence-corrected chi connectivity index (χ0v) is 11.3. The molecule has 19 heavy (non-hydrogen) atoms. The van der Waals surface area contributed by atoms with Crippen LogP contribution in [0.3, 0.4) is 0 Å². The molecule has 0 aliphatic heterocycles. The number of carbonyl (C=O) groups excluding carboxylic acids is 1. The Kier molecular flexibility index (Phi) is 4.91. The number of aryl methyl sites for hydroxylation is 1. The second-order valence-corrected chi connectivity index (χ2v) is 4.80. The maximum absolute atomic E-state index is 11.5. The molecular formula is C12H19N3O4. The van der Waals surface area contributed by atoms with Gasteiger partial charge in [-0.15, -0.1) is 0 Å². The minimum atomic E-state index is -1.00.